The Morgan fingerprint density at radius 3 is 2.43 bits per heavy atom. The normalized spacial score (nSPS) is 15.3. The summed E-state index contributed by atoms with van der Waals surface area (Å²) in [5.41, 5.74) is 8.60. The fourth-order valence-corrected chi connectivity index (χ4v) is 2.69. The largest absolute Gasteiger partial charge is 0.397 e. The van der Waals surface area contributed by atoms with Crippen LogP contribution in [0.1, 0.15) is 12.0 Å². The molecule has 1 aliphatic rings. The highest BCUT2D eigenvalue weighted by Gasteiger charge is 2.27. The van der Waals surface area contributed by atoms with Crippen LogP contribution in [-0.4, -0.2) is 24.0 Å². The van der Waals surface area contributed by atoms with E-state index in [1.807, 2.05) is 59.5 Å². The molecule has 0 saturated carbocycles. The number of anilines is 2. The van der Waals surface area contributed by atoms with Crippen LogP contribution in [0, 0.1) is 0 Å². The van der Waals surface area contributed by atoms with E-state index in [0.29, 0.717) is 12.2 Å². The van der Waals surface area contributed by atoms with Crippen molar-refractivity contribution in [3.05, 3.63) is 60.2 Å². The maximum absolute atomic E-state index is 12.7. The second kappa shape index (κ2) is 5.87. The Bertz CT molecular complexity index is 627. The topological polar surface area (TPSA) is 49.6 Å². The third-order valence-corrected chi connectivity index (χ3v) is 3.75. The van der Waals surface area contributed by atoms with Crippen molar-refractivity contribution in [2.24, 2.45) is 0 Å². The number of nitrogen functional groups attached to an aromatic ring is 1. The molecule has 0 spiro atoms. The molecule has 1 heterocycles. The third kappa shape index (κ3) is 2.84. The number of para-hydroxylation sites is 2. The van der Waals surface area contributed by atoms with E-state index in [2.05, 4.69) is 0 Å². The number of benzene rings is 2. The number of carbonyl (C=O) groups excluding carboxylic acids is 1. The van der Waals surface area contributed by atoms with Crippen LogP contribution in [0.2, 0.25) is 0 Å². The van der Waals surface area contributed by atoms with E-state index in [9.17, 15) is 4.79 Å². The Labute approximate surface area is 124 Å². The molecule has 0 radical (unpaired) electrons. The zero-order chi connectivity index (χ0) is 14.7. The van der Waals surface area contributed by atoms with Gasteiger partial charge in [0, 0.05) is 19.6 Å². The van der Waals surface area contributed by atoms with Gasteiger partial charge in [-0.05, 0) is 24.1 Å². The minimum absolute atomic E-state index is 0.0306. The molecule has 1 aliphatic heterocycles. The zero-order valence-electron chi connectivity index (χ0n) is 11.9. The van der Waals surface area contributed by atoms with E-state index < -0.39 is 0 Å². The van der Waals surface area contributed by atoms with Gasteiger partial charge >= 0.3 is 6.03 Å². The fraction of sp³-hybridized carbons (Fsp3) is 0.235. The van der Waals surface area contributed by atoms with Gasteiger partial charge in [0.2, 0.25) is 0 Å². The summed E-state index contributed by atoms with van der Waals surface area (Å²) in [6, 6.07) is 17.6. The second-order valence-corrected chi connectivity index (χ2v) is 5.25. The van der Waals surface area contributed by atoms with Crippen molar-refractivity contribution in [1.29, 1.82) is 0 Å². The number of hydrogen-bond acceptors (Lipinski definition) is 2. The van der Waals surface area contributed by atoms with E-state index in [1.54, 1.807) is 4.90 Å². The van der Waals surface area contributed by atoms with E-state index in [4.69, 9.17) is 5.73 Å². The predicted molar refractivity (Wildman–Crippen MR) is 85.1 cm³/mol. The molecule has 0 unspecified atom stereocenters. The predicted octanol–water partition coefficient (Wildman–Crippen LogP) is 3.10. The molecule has 1 saturated heterocycles. The number of rotatable bonds is 3. The summed E-state index contributed by atoms with van der Waals surface area (Å²) >= 11 is 0. The number of amides is 2. The first kappa shape index (κ1) is 13.5. The van der Waals surface area contributed by atoms with Gasteiger partial charge in [0.15, 0.2) is 0 Å². The number of urea groups is 1. The van der Waals surface area contributed by atoms with Gasteiger partial charge in [-0.15, -0.1) is 0 Å². The summed E-state index contributed by atoms with van der Waals surface area (Å²) in [4.78, 5) is 16.3. The molecular formula is C17H19N3O. The standard InChI is InChI=1S/C17H19N3O/c18-15-9-4-5-10-16(15)20-12-6-11-19(17(20)21)13-14-7-2-1-3-8-14/h1-5,7-10H,6,11-13,18H2. The van der Waals surface area contributed by atoms with E-state index >= 15 is 0 Å². The van der Waals surface area contributed by atoms with E-state index in [1.165, 1.54) is 0 Å². The van der Waals surface area contributed by atoms with Gasteiger partial charge < -0.3 is 10.6 Å². The Morgan fingerprint density at radius 2 is 1.67 bits per heavy atom. The Morgan fingerprint density at radius 1 is 0.952 bits per heavy atom. The smallest absolute Gasteiger partial charge is 0.324 e. The van der Waals surface area contributed by atoms with Crippen LogP contribution in [-0.2, 0) is 6.54 Å². The average molecular weight is 281 g/mol. The van der Waals surface area contributed by atoms with Crippen LogP contribution in [0.25, 0.3) is 0 Å². The SMILES string of the molecule is Nc1ccccc1N1CCCN(Cc2ccccc2)C1=O. The molecule has 2 aromatic carbocycles. The monoisotopic (exact) mass is 281 g/mol. The summed E-state index contributed by atoms with van der Waals surface area (Å²) in [6.45, 7) is 2.15. The summed E-state index contributed by atoms with van der Waals surface area (Å²) in [7, 11) is 0. The van der Waals surface area contributed by atoms with Gasteiger partial charge in [-0.2, -0.15) is 0 Å². The molecule has 0 bridgehead atoms. The maximum Gasteiger partial charge on any atom is 0.324 e. The number of nitrogens with zero attached hydrogens (tertiary/aromatic N) is 2. The summed E-state index contributed by atoms with van der Waals surface area (Å²) in [5, 5.41) is 0. The van der Waals surface area contributed by atoms with Crippen LogP contribution in [0.5, 0.6) is 0 Å². The van der Waals surface area contributed by atoms with E-state index in [0.717, 1.165) is 30.8 Å². The number of hydrogen-bond donors (Lipinski definition) is 1. The minimum atomic E-state index is 0.0306. The van der Waals surface area contributed by atoms with Crippen LogP contribution in [0.4, 0.5) is 16.2 Å². The van der Waals surface area contributed by atoms with Crippen molar-refractivity contribution >= 4 is 17.4 Å². The lowest BCUT2D eigenvalue weighted by molar-refractivity contribution is 0.192. The first-order valence-corrected chi connectivity index (χ1v) is 7.20. The highest BCUT2D eigenvalue weighted by atomic mass is 16.2. The van der Waals surface area contributed by atoms with Crippen LogP contribution >= 0.6 is 0 Å². The summed E-state index contributed by atoms with van der Waals surface area (Å²) < 4.78 is 0. The zero-order valence-corrected chi connectivity index (χ0v) is 11.9. The number of nitrogens with two attached hydrogens (primary N) is 1. The van der Waals surface area contributed by atoms with Crippen molar-refractivity contribution < 1.29 is 4.79 Å². The molecule has 0 aromatic heterocycles. The molecule has 2 aromatic rings. The van der Waals surface area contributed by atoms with Crippen LogP contribution in [0.3, 0.4) is 0 Å². The summed E-state index contributed by atoms with van der Waals surface area (Å²) in [5.74, 6) is 0. The average Bonchev–Trinajstić information content (AvgIpc) is 2.51. The van der Waals surface area contributed by atoms with Crippen molar-refractivity contribution in [3.63, 3.8) is 0 Å². The highest BCUT2D eigenvalue weighted by Crippen LogP contribution is 2.26. The van der Waals surface area contributed by atoms with Crippen molar-refractivity contribution in [2.45, 2.75) is 13.0 Å². The first-order chi connectivity index (χ1) is 10.3. The van der Waals surface area contributed by atoms with Crippen molar-refractivity contribution in [3.8, 4) is 0 Å². The fourth-order valence-electron chi connectivity index (χ4n) is 2.69. The molecule has 4 nitrogen and oxygen atoms in total. The molecule has 2 amide bonds. The molecule has 108 valence electrons. The first-order valence-electron chi connectivity index (χ1n) is 7.20. The van der Waals surface area contributed by atoms with Crippen LogP contribution < -0.4 is 10.6 Å². The van der Waals surface area contributed by atoms with Crippen molar-refractivity contribution in [2.75, 3.05) is 23.7 Å². The highest BCUT2D eigenvalue weighted by molar-refractivity contribution is 5.95. The maximum atomic E-state index is 12.7. The Balaban J connectivity index is 1.79. The molecular weight excluding hydrogens is 262 g/mol. The summed E-state index contributed by atoms with van der Waals surface area (Å²) in [6.07, 6.45) is 0.951. The molecule has 1 fully saturated rings. The lowest BCUT2D eigenvalue weighted by atomic mass is 10.1. The Hall–Kier alpha value is -2.49. The molecule has 0 atom stereocenters. The molecule has 3 rings (SSSR count). The molecule has 0 aliphatic carbocycles. The van der Waals surface area contributed by atoms with Gasteiger partial charge in [0.05, 0.1) is 11.4 Å². The van der Waals surface area contributed by atoms with Gasteiger partial charge in [-0.25, -0.2) is 4.79 Å². The van der Waals surface area contributed by atoms with Gasteiger partial charge in [-0.3, -0.25) is 4.90 Å². The second-order valence-electron chi connectivity index (χ2n) is 5.25. The lowest BCUT2D eigenvalue weighted by Gasteiger charge is -2.36. The quantitative estimate of drug-likeness (QED) is 0.879. The molecule has 21 heavy (non-hydrogen) atoms. The molecule has 2 N–H and O–H groups in total. The minimum Gasteiger partial charge on any atom is -0.397 e. The van der Waals surface area contributed by atoms with Crippen molar-refractivity contribution in [1.82, 2.24) is 4.90 Å². The lowest BCUT2D eigenvalue weighted by Crippen LogP contribution is -2.49. The Kier molecular flexibility index (Phi) is 3.77. The molecule has 4 heteroatoms. The van der Waals surface area contributed by atoms with E-state index in [-0.39, 0.29) is 6.03 Å². The van der Waals surface area contributed by atoms with Gasteiger partial charge in [0.1, 0.15) is 0 Å². The van der Waals surface area contributed by atoms with Gasteiger partial charge in [-0.1, -0.05) is 42.5 Å². The van der Waals surface area contributed by atoms with Crippen LogP contribution in [0.15, 0.2) is 54.6 Å². The van der Waals surface area contributed by atoms with Gasteiger partial charge in [0.25, 0.3) is 0 Å². The number of carbonyl (C=O) groups is 1. The third-order valence-electron chi connectivity index (χ3n) is 3.75.